The first-order chi connectivity index (χ1) is 8.20. The van der Waals surface area contributed by atoms with Crippen LogP contribution in [0.2, 0.25) is 0 Å². The number of hydrogen-bond acceptors (Lipinski definition) is 0. The van der Waals surface area contributed by atoms with Crippen molar-refractivity contribution in [3.05, 3.63) is 11.1 Å². The van der Waals surface area contributed by atoms with E-state index < -0.39 is 0 Å². The summed E-state index contributed by atoms with van der Waals surface area (Å²) in [6.07, 6.45) is 12.6. The van der Waals surface area contributed by atoms with Gasteiger partial charge in [0.25, 0.3) is 0 Å². The topological polar surface area (TPSA) is 0 Å². The Bertz CT molecular complexity index is 228. The molecule has 1 rings (SSSR count). The minimum atomic E-state index is 0.819. The number of hydrogen-bond donors (Lipinski definition) is 0. The average molecular weight is 236 g/mol. The van der Waals surface area contributed by atoms with Crippen molar-refractivity contribution in [2.24, 2.45) is 11.8 Å². The molecule has 0 N–H and O–H groups in total. The molecular weight excluding hydrogens is 204 g/mol. The minimum absolute atomic E-state index is 0.819. The fourth-order valence-electron chi connectivity index (χ4n) is 3.09. The van der Waals surface area contributed by atoms with Crippen LogP contribution in [0.5, 0.6) is 0 Å². The van der Waals surface area contributed by atoms with E-state index in [1.807, 2.05) is 11.1 Å². The average Bonchev–Trinajstić information content (AvgIpc) is 2.39. The minimum Gasteiger partial charge on any atom is -0.0707 e. The lowest BCUT2D eigenvalue weighted by molar-refractivity contribution is 0.405. The zero-order valence-electron chi connectivity index (χ0n) is 12.5. The van der Waals surface area contributed by atoms with Gasteiger partial charge >= 0.3 is 0 Å². The van der Waals surface area contributed by atoms with Gasteiger partial charge < -0.3 is 0 Å². The van der Waals surface area contributed by atoms with Gasteiger partial charge in [-0.3, -0.25) is 0 Å². The first-order valence-electron chi connectivity index (χ1n) is 7.91. The van der Waals surface area contributed by atoms with Gasteiger partial charge in [-0.05, 0) is 50.4 Å². The van der Waals surface area contributed by atoms with Gasteiger partial charge in [0.2, 0.25) is 0 Å². The van der Waals surface area contributed by atoms with Crippen LogP contribution in [0, 0.1) is 11.8 Å². The van der Waals surface area contributed by atoms with E-state index in [0.717, 1.165) is 11.8 Å². The van der Waals surface area contributed by atoms with Crippen LogP contribution in [0.15, 0.2) is 11.1 Å². The largest absolute Gasteiger partial charge is 0.0707 e. The molecule has 2 atom stereocenters. The molecule has 0 saturated heterocycles. The van der Waals surface area contributed by atoms with Crippen LogP contribution in [0.1, 0.15) is 85.5 Å². The summed E-state index contributed by atoms with van der Waals surface area (Å²) in [6.45, 7) is 9.56. The van der Waals surface area contributed by atoms with Crippen LogP contribution >= 0.6 is 0 Å². The van der Waals surface area contributed by atoms with Gasteiger partial charge in [0.15, 0.2) is 0 Å². The Kier molecular flexibility index (Phi) is 6.92. The van der Waals surface area contributed by atoms with E-state index in [-0.39, 0.29) is 0 Å². The lowest BCUT2D eigenvalue weighted by atomic mass is 9.78. The highest BCUT2D eigenvalue weighted by molar-refractivity contribution is 5.18. The molecule has 0 radical (unpaired) electrons. The number of allylic oxidation sites excluding steroid dienone is 2. The molecular formula is C17H32. The van der Waals surface area contributed by atoms with Gasteiger partial charge in [-0.2, -0.15) is 0 Å². The molecule has 0 nitrogen and oxygen atoms in total. The zero-order chi connectivity index (χ0) is 12.7. The molecule has 0 spiro atoms. The third kappa shape index (κ3) is 4.48. The lowest BCUT2D eigenvalue weighted by Gasteiger charge is -2.27. The molecule has 1 saturated carbocycles. The van der Waals surface area contributed by atoms with Gasteiger partial charge in [0.05, 0.1) is 0 Å². The predicted octanol–water partition coefficient (Wildman–Crippen LogP) is 6.12. The van der Waals surface area contributed by atoms with Crippen molar-refractivity contribution in [1.29, 1.82) is 0 Å². The number of unbranched alkanes of at least 4 members (excludes halogenated alkanes) is 1. The highest BCUT2D eigenvalue weighted by Gasteiger charge is 2.19. The van der Waals surface area contributed by atoms with Crippen molar-refractivity contribution >= 4 is 0 Å². The van der Waals surface area contributed by atoms with Crippen LogP contribution in [0.3, 0.4) is 0 Å². The van der Waals surface area contributed by atoms with Crippen molar-refractivity contribution in [1.82, 2.24) is 0 Å². The zero-order valence-corrected chi connectivity index (χ0v) is 12.5. The van der Waals surface area contributed by atoms with Gasteiger partial charge in [0, 0.05) is 0 Å². The highest BCUT2D eigenvalue weighted by atomic mass is 14.2. The third-order valence-corrected chi connectivity index (χ3v) is 4.76. The second kappa shape index (κ2) is 7.95. The summed E-state index contributed by atoms with van der Waals surface area (Å²) in [5, 5.41) is 0. The molecule has 100 valence electrons. The van der Waals surface area contributed by atoms with Crippen molar-refractivity contribution < 1.29 is 0 Å². The smallest absolute Gasteiger partial charge is 0.0203 e. The van der Waals surface area contributed by atoms with Gasteiger partial charge in [-0.25, -0.2) is 0 Å². The summed E-state index contributed by atoms with van der Waals surface area (Å²) in [7, 11) is 0. The summed E-state index contributed by atoms with van der Waals surface area (Å²) in [5.74, 6) is 1.68. The molecule has 0 aliphatic heterocycles. The second-order valence-electron chi connectivity index (χ2n) is 5.97. The Morgan fingerprint density at radius 1 is 1.06 bits per heavy atom. The first-order valence-corrected chi connectivity index (χ1v) is 7.91. The fraction of sp³-hybridized carbons (Fsp3) is 0.882. The summed E-state index contributed by atoms with van der Waals surface area (Å²) in [6, 6.07) is 0. The standard InChI is InChI=1S/C17H32/c1-5-7-13-17(15(4)14(3)6-2)16-11-9-8-10-12-16/h14-15H,5-13H2,1-4H3. The summed E-state index contributed by atoms with van der Waals surface area (Å²) >= 11 is 0. The number of rotatable bonds is 6. The second-order valence-corrected chi connectivity index (χ2v) is 5.97. The van der Waals surface area contributed by atoms with Crippen molar-refractivity contribution in [3.8, 4) is 0 Å². The monoisotopic (exact) mass is 236 g/mol. The van der Waals surface area contributed by atoms with Gasteiger partial charge in [-0.15, -0.1) is 0 Å². The van der Waals surface area contributed by atoms with Crippen LogP contribution < -0.4 is 0 Å². The molecule has 0 bridgehead atoms. The van der Waals surface area contributed by atoms with E-state index in [9.17, 15) is 0 Å². The molecule has 0 aromatic heterocycles. The molecule has 1 aliphatic rings. The fourth-order valence-corrected chi connectivity index (χ4v) is 3.09. The van der Waals surface area contributed by atoms with E-state index >= 15 is 0 Å². The molecule has 0 amide bonds. The first kappa shape index (κ1) is 14.8. The SMILES string of the molecule is CCCCC(=C1CCCCC1)C(C)C(C)CC. The Hall–Kier alpha value is -0.260. The van der Waals surface area contributed by atoms with E-state index in [1.165, 1.54) is 57.8 Å². The third-order valence-electron chi connectivity index (χ3n) is 4.76. The Morgan fingerprint density at radius 2 is 1.71 bits per heavy atom. The molecule has 0 aromatic rings. The highest BCUT2D eigenvalue weighted by Crippen LogP contribution is 2.35. The van der Waals surface area contributed by atoms with Gasteiger partial charge in [0.1, 0.15) is 0 Å². The molecule has 0 heteroatoms. The Labute approximate surface area is 109 Å². The maximum Gasteiger partial charge on any atom is -0.0203 e. The van der Waals surface area contributed by atoms with E-state index in [4.69, 9.17) is 0 Å². The van der Waals surface area contributed by atoms with Crippen LogP contribution in [-0.4, -0.2) is 0 Å². The van der Waals surface area contributed by atoms with Crippen molar-refractivity contribution in [2.75, 3.05) is 0 Å². The maximum absolute atomic E-state index is 2.47. The van der Waals surface area contributed by atoms with E-state index in [1.54, 1.807) is 0 Å². The van der Waals surface area contributed by atoms with Crippen molar-refractivity contribution in [3.63, 3.8) is 0 Å². The van der Waals surface area contributed by atoms with Gasteiger partial charge in [-0.1, -0.05) is 58.1 Å². The maximum atomic E-state index is 2.47. The molecule has 2 unspecified atom stereocenters. The molecule has 0 heterocycles. The Balaban J connectivity index is 2.77. The van der Waals surface area contributed by atoms with Crippen molar-refractivity contribution in [2.45, 2.75) is 85.5 Å². The molecule has 1 fully saturated rings. The van der Waals surface area contributed by atoms with E-state index in [2.05, 4.69) is 27.7 Å². The van der Waals surface area contributed by atoms with Crippen LogP contribution in [0.25, 0.3) is 0 Å². The molecule has 1 aliphatic carbocycles. The van der Waals surface area contributed by atoms with Crippen LogP contribution in [-0.2, 0) is 0 Å². The molecule has 0 aromatic carbocycles. The van der Waals surface area contributed by atoms with E-state index in [0.29, 0.717) is 0 Å². The lowest BCUT2D eigenvalue weighted by Crippen LogP contribution is -2.13. The summed E-state index contributed by atoms with van der Waals surface area (Å²) < 4.78 is 0. The normalized spacial score (nSPS) is 20.1. The quantitative estimate of drug-likeness (QED) is 0.487. The predicted molar refractivity (Wildman–Crippen MR) is 78.3 cm³/mol. The summed E-state index contributed by atoms with van der Waals surface area (Å²) in [5.41, 5.74) is 3.69. The molecule has 17 heavy (non-hydrogen) atoms. The summed E-state index contributed by atoms with van der Waals surface area (Å²) in [4.78, 5) is 0. The van der Waals surface area contributed by atoms with Crippen LogP contribution in [0.4, 0.5) is 0 Å². The Morgan fingerprint density at radius 3 is 2.24 bits per heavy atom.